The fourth-order valence-electron chi connectivity index (χ4n) is 1.80. The molecule has 1 aromatic carbocycles. The zero-order valence-electron chi connectivity index (χ0n) is 11.5. The minimum atomic E-state index is 0.424. The molecular formula is C15H16N4O. The predicted molar refractivity (Wildman–Crippen MR) is 79.0 cm³/mol. The fourth-order valence-corrected chi connectivity index (χ4v) is 1.80. The van der Waals surface area contributed by atoms with Gasteiger partial charge in [0.1, 0.15) is 5.82 Å². The van der Waals surface area contributed by atoms with Gasteiger partial charge in [0.25, 0.3) is 0 Å². The normalized spacial score (nSPS) is 9.85. The van der Waals surface area contributed by atoms with Gasteiger partial charge in [-0.15, -0.1) is 0 Å². The van der Waals surface area contributed by atoms with Crippen molar-refractivity contribution >= 4 is 17.2 Å². The monoisotopic (exact) mass is 268 g/mol. The van der Waals surface area contributed by atoms with Crippen LogP contribution < -0.4 is 15.4 Å². The van der Waals surface area contributed by atoms with Crippen molar-refractivity contribution in [2.75, 3.05) is 24.3 Å². The van der Waals surface area contributed by atoms with Crippen molar-refractivity contribution in [2.24, 2.45) is 0 Å². The first kappa shape index (κ1) is 13.7. The van der Waals surface area contributed by atoms with Gasteiger partial charge in [-0.1, -0.05) is 6.07 Å². The molecule has 0 saturated carbocycles. The fraction of sp³-hybridized carbons (Fsp3) is 0.200. The SMILES string of the molecule is CCOc1nc(N(C)c2cccc(C#N)c2)ccc1N. The molecule has 0 amide bonds. The molecule has 0 aliphatic rings. The van der Waals surface area contributed by atoms with Gasteiger partial charge in [0, 0.05) is 12.7 Å². The first-order chi connectivity index (χ1) is 9.65. The van der Waals surface area contributed by atoms with E-state index in [0.29, 0.717) is 29.6 Å². The second kappa shape index (κ2) is 5.93. The summed E-state index contributed by atoms with van der Waals surface area (Å²) in [5, 5.41) is 8.94. The summed E-state index contributed by atoms with van der Waals surface area (Å²) in [7, 11) is 1.88. The Morgan fingerprint density at radius 3 is 2.85 bits per heavy atom. The molecule has 0 bridgehead atoms. The lowest BCUT2D eigenvalue weighted by Crippen LogP contribution is -2.12. The lowest BCUT2D eigenvalue weighted by atomic mass is 10.2. The van der Waals surface area contributed by atoms with E-state index in [1.165, 1.54) is 0 Å². The number of anilines is 3. The maximum atomic E-state index is 8.94. The molecule has 0 aliphatic heterocycles. The Kier molecular flexibility index (Phi) is 4.06. The van der Waals surface area contributed by atoms with Gasteiger partial charge >= 0.3 is 0 Å². The summed E-state index contributed by atoms with van der Waals surface area (Å²) in [6, 6.07) is 13.0. The highest BCUT2D eigenvalue weighted by atomic mass is 16.5. The number of nitriles is 1. The number of aromatic nitrogens is 1. The third kappa shape index (κ3) is 2.81. The van der Waals surface area contributed by atoms with E-state index in [0.717, 1.165) is 5.69 Å². The second-order valence-corrected chi connectivity index (χ2v) is 4.22. The van der Waals surface area contributed by atoms with E-state index >= 15 is 0 Å². The van der Waals surface area contributed by atoms with Crippen molar-refractivity contribution < 1.29 is 4.74 Å². The number of hydrogen-bond acceptors (Lipinski definition) is 5. The van der Waals surface area contributed by atoms with Crippen molar-refractivity contribution in [3.63, 3.8) is 0 Å². The molecular weight excluding hydrogens is 252 g/mol. The minimum absolute atomic E-state index is 0.424. The van der Waals surface area contributed by atoms with E-state index in [4.69, 9.17) is 15.7 Å². The van der Waals surface area contributed by atoms with Crippen LogP contribution >= 0.6 is 0 Å². The van der Waals surface area contributed by atoms with E-state index in [1.54, 1.807) is 18.2 Å². The summed E-state index contributed by atoms with van der Waals surface area (Å²) >= 11 is 0. The van der Waals surface area contributed by atoms with Crippen LogP contribution in [0.2, 0.25) is 0 Å². The van der Waals surface area contributed by atoms with E-state index in [-0.39, 0.29) is 0 Å². The molecule has 0 spiro atoms. The number of rotatable bonds is 4. The number of ether oxygens (including phenoxy) is 1. The van der Waals surface area contributed by atoms with Crippen LogP contribution in [0, 0.1) is 11.3 Å². The maximum Gasteiger partial charge on any atom is 0.239 e. The molecule has 2 aromatic rings. The highest BCUT2D eigenvalue weighted by molar-refractivity contribution is 5.64. The van der Waals surface area contributed by atoms with Crippen LogP contribution in [-0.4, -0.2) is 18.6 Å². The highest BCUT2D eigenvalue weighted by Gasteiger charge is 2.09. The van der Waals surface area contributed by atoms with Gasteiger partial charge in [0.2, 0.25) is 5.88 Å². The van der Waals surface area contributed by atoms with Crippen molar-refractivity contribution in [1.29, 1.82) is 5.26 Å². The zero-order chi connectivity index (χ0) is 14.5. The third-order valence-electron chi connectivity index (χ3n) is 2.86. The van der Waals surface area contributed by atoms with Gasteiger partial charge in [0.05, 0.1) is 23.9 Å². The van der Waals surface area contributed by atoms with Gasteiger partial charge in [-0.3, -0.25) is 0 Å². The Hall–Kier alpha value is -2.74. The summed E-state index contributed by atoms with van der Waals surface area (Å²) in [5.41, 5.74) is 7.80. The number of hydrogen-bond donors (Lipinski definition) is 1. The van der Waals surface area contributed by atoms with Crippen LogP contribution in [-0.2, 0) is 0 Å². The van der Waals surface area contributed by atoms with Crippen molar-refractivity contribution in [3.05, 3.63) is 42.0 Å². The maximum absolute atomic E-state index is 8.94. The topological polar surface area (TPSA) is 75.2 Å². The Labute approximate surface area is 118 Å². The predicted octanol–water partition coefficient (Wildman–Crippen LogP) is 2.70. The van der Waals surface area contributed by atoms with Crippen molar-refractivity contribution in [1.82, 2.24) is 4.98 Å². The average molecular weight is 268 g/mol. The number of nitrogens with zero attached hydrogens (tertiary/aromatic N) is 3. The summed E-state index contributed by atoms with van der Waals surface area (Å²) in [4.78, 5) is 6.27. The van der Waals surface area contributed by atoms with E-state index < -0.39 is 0 Å². The van der Waals surface area contributed by atoms with Crippen LogP contribution in [0.25, 0.3) is 0 Å². The number of nitrogen functional groups attached to an aromatic ring is 1. The Balaban J connectivity index is 2.35. The lowest BCUT2D eigenvalue weighted by molar-refractivity contribution is 0.329. The number of nitrogens with two attached hydrogens (primary N) is 1. The summed E-state index contributed by atoms with van der Waals surface area (Å²) in [6.07, 6.45) is 0. The van der Waals surface area contributed by atoms with Crippen molar-refractivity contribution in [2.45, 2.75) is 6.92 Å². The largest absolute Gasteiger partial charge is 0.476 e. The van der Waals surface area contributed by atoms with E-state index in [9.17, 15) is 0 Å². The zero-order valence-corrected chi connectivity index (χ0v) is 11.5. The van der Waals surface area contributed by atoms with Crippen LogP contribution in [0.4, 0.5) is 17.2 Å². The van der Waals surface area contributed by atoms with Crippen LogP contribution in [0.15, 0.2) is 36.4 Å². The molecule has 0 fully saturated rings. The van der Waals surface area contributed by atoms with Crippen LogP contribution in [0.5, 0.6) is 5.88 Å². The van der Waals surface area contributed by atoms with Gasteiger partial charge in [-0.25, -0.2) is 0 Å². The number of benzene rings is 1. The quantitative estimate of drug-likeness (QED) is 0.922. The summed E-state index contributed by atoms with van der Waals surface area (Å²) in [6.45, 7) is 2.39. The molecule has 0 unspecified atom stereocenters. The molecule has 2 N–H and O–H groups in total. The summed E-state index contributed by atoms with van der Waals surface area (Å²) < 4.78 is 5.39. The molecule has 0 aliphatic carbocycles. The molecule has 0 radical (unpaired) electrons. The minimum Gasteiger partial charge on any atom is -0.476 e. The Bertz CT molecular complexity index is 649. The highest BCUT2D eigenvalue weighted by Crippen LogP contribution is 2.27. The lowest BCUT2D eigenvalue weighted by Gasteiger charge is -2.19. The molecule has 2 rings (SSSR count). The molecule has 5 nitrogen and oxygen atoms in total. The molecule has 0 atom stereocenters. The van der Waals surface area contributed by atoms with Gasteiger partial charge < -0.3 is 15.4 Å². The van der Waals surface area contributed by atoms with Gasteiger partial charge in [-0.2, -0.15) is 10.2 Å². The average Bonchev–Trinajstić information content (AvgIpc) is 2.49. The van der Waals surface area contributed by atoms with E-state index in [1.807, 2.05) is 37.1 Å². The molecule has 5 heteroatoms. The van der Waals surface area contributed by atoms with Gasteiger partial charge in [-0.05, 0) is 37.3 Å². The van der Waals surface area contributed by atoms with Gasteiger partial charge in [0.15, 0.2) is 0 Å². The standard InChI is InChI=1S/C15H16N4O/c1-3-20-15-13(17)7-8-14(18-15)19(2)12-6-4-5-11(9-12)10-16/h4-9H,3,17H2,1-2H3. The Morgan fingerprint density at radius 2 is 2.15 bits per heavy atom. The summed E-state index contributed by atoms with van der Waals surface area (Å²) in [5.74, 6) is 1.13. The first-order valence-electron chi connectivity index (χ1n) is 6.29. The molecule has 102 valence electrons. The van der Waals surface area contributed by atoms with Crippen LogP contribution in [0.1, 0.15) is 12.5 Å². The third-order valence-corrected chi connectivity index (χ3v) is 2.86. The number of pyridine rings is 1. The molecule has 1 aromatic heterocycles. The smallest absolute Gasteiger partial charge is 0.239 e. The second-order valence-electron chi connectivity index (χ2n) is 4.22. The molecule has 20 heavy (non-hydrogen) atoms. The van der Waals surface area contributed by atoms with Crippen molar-refractivity contribution in [3.8, 4) is 11.9 Å². The first-order valence-corrected chi connectivity index (χ1v) is 6.29. The van der Waals surface area contributed by atoms with Crippen LogP contribution in [0.3, 0.4) is 0 Å². The van der Waals surface area contributed by atoms with E-state index in [2.05, 4.69) is 11.1 Å². The molecule has 1 heterocycles. The molecule has 0 saturated heterocycles. The Morgan fingerprint density at radius 1 is 1.35 bits per heavy atom.